The molecule has 0 unspecified atom stereocenters. The van der Waals surface area contributed by atoms with Crippen LogP contribution in [0, 0.1) is 0 Å². The Labute approximate surface area is 160 Å². The summed E-state index contributed by atoms with van der Waals surface area (Å²) in [5.74, 6) is -0.125. The van der Waals surface area contributed by atoms with Gasteiger partial charge in [0.25, 0.3) is 0 Å². The van der Waals surface area contributed by atoms with E-state index in [1.165, 1.54) is 96.2 Å². The van der Waals surface area contributed by atoms with Crippen LogP contribution in [0.25, 0.3) is 0 Å². The zero-order valence-electron chi connectivity index (χ0n) is 18.2. The average molecular weight is 354 g/mol. The molecule has 0 aromatic heterocycles. The van der Waals surface area contributed by atoms with Gasteiger partial charge in [0.2, 0.25) is 0 Å². The van der Waals surface area contributed by atoms with Gasteiger partial charge < -0.3 is 4.74 Å². The minimum atomic E-state index is -0.125. The smallest absolute Gasteiger partial charge is 0.305 e. The maximum absolute atomic E-state index is 10.4. The van der Waals surface area contributed by atoms with Crippen LogP contribution in [-0.2, 0) is 9.53 Å². The Morgan fingerprint density at radius 1 is 0.720 bits per heavy atom. The van der Waals surface area contributed by atoms with Gasteiger partial charge in [-0.25, -0.2) is 0 Å². The molecule has 25 heavy (non-hydrogen) atoms. The molecule has 0 aromatic rings. The summed E-state index contributed by atoms with van der Waals surface area (Å²) in [6, 6.07) is 0. The van der Waals surface area contributed by atoms with E-state index in [1.54, 1.807) is 6.92 Å². The molecule has 0 saturated heterocycles. The molecule has 0 aromatic carbocycles. The second-order valence-electron chi connectivity index (χ2n) is 7.49. The predicted octanol–water partition coefficient (Wildman–Crippen LogP) is 6.87. The van der Waals surface area contributed by atoms with Crippen LogP contribution in [0.2, 0.25) is 6.32 Å². The summed E-state index contributed by atoms with van der Waals surface area (Å²) in [5, 5.41) is 0. The Morgan fingerprint density at radius 3 is 1.32 bits per heavy atom. The van der Waals surface area contributed by atoms with Crippen molar-refractivity contribution in [1.29, 1.82) is 0 Å². The number of ether oxygens (including phenoxy) is 1. The van der Waals surface area contributed by atoms with E-state index in [9.17, 15) is 4.79 Å². The lowest BCUT2D eigenvalue weighted by atomic mass is 9.98. The Bertz CT molecular complexity index is 240. The van der Waals surface area contributed by atoms with Crippen molar-refractivity contribution in [2.45, 2.75) is 136 Å². The second kappa shape index (κ2) is 23.5. The second-order valence-corrected chi connectivity index (χ2v) is 7.49. The van der Waals surface area contributed by atoms with Crippen LogP contribution in [0.1, 0.15) is 124 Å². The fourth-order valence-electron chi connectivity index (χ4n) is 2.79. The summed E-state index contributed by atoms with van der Waals surface area (Å²) in [6.45, 7) is 7.76. The van der Waals surface area contributed by atoms with Crippen molar-refractivity contribution in [2.24, 2.45) is 0 Å². The van der Waals surface area contributed by atoms with Crippen LogP contribution >= 0.6 is 0 Å². The van der Waals surface area contributed by atoms with Crippen LogP contribution in [0.3, 0.4) is 0 Å². The van der Waals surface area contributed by atoms with E-state index in [1.807, 2.05) is 13.8 Å². The third-order valence-corrected chi connectivity index (χ3v) is 4.36. The molecule has 0 radical (unpaired) electrons. The molecule has 2 nitrogen and oxygen atoms in total. The lowest BCUT2D eigenvalue weighted by Gasteiger charge is -2.04. The van der Waals surface area contributed by atoms with Gasteiger partial charge in [-0.2, -0.15) is 0 Å². The zero-order valence-corrected chi connectivity index (χ0v) is 18.2. The molecule has 0 amide bonds. The topological polar surface area (TPSA) is 26.3 Å². The normalized spacial score (nSPS) is 10.4. The Kier molecular flexibility index (Phi) is 25.2. The Balaban J connectivity index is 0. The number of unbranched alkanes of at least 4 members (excludes halogenated alkanes) is 13. The molecule has 150 valence electrons. The molecule has 0 heterocycles. The van der Waals surface area contributed by atoms with Crippen LogP contribution in [0.15, 0.2) is 0 Å². The zero-order chi connectivity index (χ0) is 19.2. The van der Waals surface area contributed by atoms with Gasteiger partial charge in [0.15, 0.2) is 0 Å². The molecule has 3 heteroatoms. The molecule has 0 N–H and O–H groups in total. The molecular formula is C22H47BO2. The van der Waals surface area contributed by atoms with Crippen molar-refractivity contribution in [3.8, 4) is 0 Å². The summed E-state index contributed by atoms with van der Waals surface area (Å²) < 4.78 is 4.76. The molecule has 0 aliphatic rings. The minimum Gasteiger partial charge on any atom is -0.463 e. The lowest BCUT2D eigenvalue weighted by molar-refractivity contribution is -0.146. The summed E-state index contributed by atoms with van der Waals surface area (Å²) >= 11 is 0. The maximum Gasteiger partial charge on any atom is 0.305 e. The average Bonchev–Trinajstić information content (AvgIpc) is 2.59. The third-order valence-electron chi connectivity index (χ3n) is 4.36. The van der Waals surface area contributed by atoms with E-state index >= 15 is 0 Å². The molecule has 0 fully saturated rings. The van der Waals surface area contributed by atoms with Crippen LogP contribution in [0.4, 0.5) is 0 Å². The largest absolute Gasteiger partial charge is 0.463 e. The quantitative estimate of drug-likeness (QED) is 0.172. The first kappa shape index (κ1) is 26.8. The van der Waals surface area contributed by atoms with Crippen molar-refractivity contribution in [1.82, 2.24) is 0 Å². The highest BCUT2D eigenvalue weighted by atomic mass is 16.5. The molecule has 0 atom stereocenters. The van der Waals surface area contributed by atoms with Crippen LogP contribution in [0.5, 0.6) is 0 Å². The van der Waals surface area contributed by atoms with Gasteiger partial charge in [-0.3, -0.25) is 4.79 Å². The van der Waals surface area contributed by atoms with Gasteiger partial charge in [0.1, 0.15) is 7.85 Å². The summed E-state index contributed by atoms with van der Waals surface area (Å²) in [5.41, 5.74) is 0. The molecule has 0 aliphatic heterocycles. The maximum atomic E-state index is 10.4. The number of carbonyl (C=O) groups excluding carboxylic acids is 1. The van der Waals surface area contributed by atoms with E-state index in [-0.39, 0.29) is 12.1 Å². The monoisotopic (exact) mass is 354 g/mol. The van der Waals surface area contributed by atoms with E-state index in [2.05, 4.69) is 14.8 Å². The highest BCUT2D eigenvalue weighted by Gasteiger charge is 1.99. The summed E-state index contributed by atoms with van der Waals surface area (Å²) in [7, 11) is 2.29. The van der Waals surface area contributed by atoms with E-state index in [0.717, 1.165) is 0 Å². The van der Waals surface area contributed by atoms with Gasteiger partial charge in [0, 0.05) is 6.42 Å². The van der Waals surface area contributed by atoms with Gasteiger partial charge in [-0.1, -0.05) is 110 Å². The number of rotatable bonds is 16. The first-order valence-electron chi connectivity index (χ1n) is 11.3. The third kappa shape index (κ3) is 28.6. The fraction of sp³-hybridized carbons (Fsp3) is 0.955. The van der Waals surface area contributed by atoms with E-state index in [4.69, 9.17) is 4.74 Å². The first-order chi connectivity index (χ1) is 12.1. The Hall–Kier alpha value is -0.465. The van der Waals surface area contributed by atoms with Crippen LogP contribution in [-0.4, -0.2) is 19.9 Å². The molecule has 0 rings (SSSR count). The molecule has 0 bridgehead atoms. The summed E-state index contributed by atoms with van der Waals surface area (Å²) in [6.07, 6.45) is 22.4. The van der Waals surface area contributed by atoms with Crippen molar-refractivity contribution >= 4 is 13.8 Å². The molecule has 0 saturated carbocycles. The van der Waals surface area contributed by atoms with Crippen molar-refractivity contribution in [2.75, 3.05) is 0 Å². The highest BCUT2D eigenvalue weighted by Crippen LogP contribution is 2.13. The minimum absolute atomic E-state index is 0.0300. The molecule has 0 spiro atoms. The van der Waals surface area contributed by atoms with Crippen molar-refractivity contribution < 1.29 is 9.53 Å². The van der Waals surface area contributed by atoms with Gasteiger partial charge in [-0.15, -0.1) is 0 Å². The number of hydrogen-bond acceptors (Lipinski definition) is 2. The first-order valence-corrected chi connectivity index (χ1v) is 11.3. The van der Waals surface area contributed by atoms with Gasteiger partial charge in [0.05, 0.1) is 6.10 Å². The fourth-order valence-corrected chi connectivity index (χ4v) is 2.79. The van der Waals surface area contributed by atoms with Gasteiger partial charge in [-0.05, 0) is 13.8 Å². The standard InChI is InChI=1S/C16H35B.C6H12O2/c1-2-3-4-5-6-7-8-9-10-11-12-13-14-15-16-17;1-4-6(7)8-5(2)3/h2-17H2,1H3;5H,4H2,1-3H3. The van der Waals surface area contributed by atoms with Gasteiger partial charge >= 0.3 is 5.97 Å². The van der Waals surface area contributed by atoms with Crippen molar-refractivity contribution in [3.63, 3.8) is 0 Å². The molecular weight excluding hydrogens is 307 g/mol. The summed E-state index contributed by atoms with van der Waals surface area (Å²) in [4.78, 5) is 10.4. The van der Waals surface area contributed by atoms with Crippen LogP contribution < -0.4 is 0 Å². The SMILES string of the molecule is BCCCCCCCCCCCCCCCC.CCC(=O)OC(C)C. The number of hydrogen-bond donors (Lipinski definition) is 0. The number of carbonyl (C=O) groups is 1. The Morgan fingerprint density at radius 2 is 1.08 bits per heavy atom. The van der Waals surface area contributed by atoms with E-state index in [0.29, 0.717) is 6.42 Å². The highest BCUT2D eigenvalue weighted by molar-refractivity contribution is 6.08. The molecule has 0 aliphatic carbocycles. The van der Waals surface area contributed by atoms with E-state index < -0.39 is 0 Å². The number of esters is 1. The van der Waals surface area contributed by atoms with Crippen molar-refractivity contribution in [3.05, 3.63) is 0 Å². The lowest BCUT2D eigenvalue weighted by Crippen LogP contribution is -2.09. The predicted molar refractivity (Wildman–Crippen MR) is 115 cm³/mol.